The lowest BCUT2D eigenvalue weighted by atomic mass is 9.73. The van der Waals surface area contributed by atoms with Crippen LogP contribution in [0.3, 0.4) is 0 Å². The molecule has 1 N–H and O–H groups in total. The van der Waals surface area contributed by atoms with Crippen molar-refractivity contribution in [2.75, 3.05) is 32.7 Å². The molecule has 26 heavy (non-hydrogen) atoms. The Kier molecular flexibility index (Phi) is 5.91. The highest BCUT2D eigenvalue weighted by molar-refractivity contribution is 5.78. The number of amides is 2. The van der Waals surface area contributed by atoms with Crippen LogP contribution < -0.4 is 5.32 Å². The number of nitrogens with one attached hydrogen (secondary N) is 1. The van der Waals surface area contributed by atoms with Crippen LogP contribution in [0.2, 0.25) is 0 Å². The van der Waals surface area contributed by atoms with Gasteiger partial charge in [-0.05, 0) is 38.8 Å². The Hall–Kier alpha value is -1.95. The minimum Gasteiger partial charge on any atom is -0.351 e. The molecule has 2 saturated heterocycles. The Morgan fingerprint density at radius 3 is 2.85 bits per heavy atom. The fourth-order valence-electron chi connectivity index (χ4n) is 4.26. The molecular weight excluding hydrogens is 333 g/mol. The zero-order valence-electron chi connectivity index (χ0n) is 15.5. The van der Waals surface area contributed by atoms with E-state index in [4.69, 9.17) is 0 Å². The van der Waals surface area contributed by atoms with Gasteiger partial charge < -0.3 is 10.2 Å². The van der Waals surface area contributed by atoms with E-state index in [2.05, 4.69) is 10.2 Å². The maximum absolute atomic E-state index is 13.6. The molecule has 2 heterocycles. The average Bonchev–Trinajstić information content (AvgIpc) is 2.63. The molecule has 6 heteroatoms. The Morgan fingerprint density at radius 2 is 2.08 bits per heavy atom. The van der Waals surface area contributed by atoms with Crippen molar-refractivity contribution in [2.45, 2.75) is 39.2 Å². The van der Waals surface area contributed by atoms with Gasteiger partial charge in [-0.3, -0.25) is 14.5 Å². The van der Waals surface area contributed by atoms with Crippen molar-refractivity contribution in [2.24, 2.45) is 5.41 Å². The third-order valence-electron chi connectivity index (χ3n) is 5.67. The largest absolute Gasteiger partial charge is 0.351 e. The number of hydrogen-bond acceptors (Lipinski definition) is 3. The fourth-order valence-corrected chi connectivity index (χ4v) is 4.26. The number of rotatable bonds is 5. The first-order valence-corrected chi connectivity index (χ1v) is 9.51. The molecule has 5 nitrogen and oxygen atoms in total. The van der Waals surface area contributed by atoms with E-state index in [1.165, 1.54) is 6.07 Å². The summed E-state index contributed by atoms with van der Waals surface area (Å²) in [4.78, 5) is 28.4. The van der Waals surface area contributed by atoms with Gasteiger partial charge in [-0.2, -0.15) is 0 Å². The van der Waals surface area contributed by atoms with Crippen molar-refractivity contribution in [1.29, 1.82) is 0 Å². The molecule has 0 unspecified atom stereocenters. The summed E-state index contributed by atoms with van der Waals surface area (Å²) in [6, 6.07) is 6.49. The van der Waals surface area contributed by atoms with Gasteiger partial charge in [0, 0.05) is 43.6 Å². The molecule has 1 aromatic rings. The van der Waals surface area contributed by atoms with Gasteiger partial charge in [-0.25, -0.2) is 4.39 Å². The lowest BCUT2D eigenvalue weighted by Crippen LogP contribution is -2.55. The summed E-state index contributed by atoms with van der Waals surface area (Å²) in [5.41, 5.74) is 0.619. The smallest absolute Gasteiger partial charge is 0.234 e. The topological polar surface area (TPSA) is 52.6 Å². The van der Waals surface area contributed by atoms with Crippen molar-refractivity contribution in [1.82, 2.24) is 15.1 Å². The summed E-state index contributed by atoms with van der Waals surface area (Å²) in [5.74, 6) is -0.126. The van der Waals surface area contributed by atoms with E-state index >= 15 is 0 Å². The monoisotopic (exact) mass is 361 g/mol. The van der Waals surface area contributed by atoms with Gasteiger partial charge in [0.2, 0.25) is 11.8 Å². The molecule has 1 aromatic carbocycles. The fraction of sp³-hybridized carbons (Fsp3) is 0.600. The number of likely N-dealkylation sites (tertiary alicyclic amines) is 2. The normalized spacial score (nSPS) is 24.1. The maximum Gasteiger partial charge on any atom is 0.234 e. The summed E-state index contributed by atoms with van der Waals surface area (Å²) in [5, 5.41) is 2.82. The third-order valence-corrected chi connectivity index (χ3v) is 5.67. The lowest BCUT2D eigenvalue weighted by Gasteiger charge is -2.48. The van der Waals surface area contributed by atoms with Crippen LogP contribution in [0.4, 0.5) is 4.39 Å². The lowest BCUT2D eigenvalue weighted by molar-refractivity contribution is -0.139. The molecule has 1 atom stereocenters. The first-order chi connectivity index (χ1) is 12.5. The van der Waals surface area contributed by atoms with E-state index in [1.54, 1.807) is 18.2 Å². The molecule has 1 spiro atoms. The van der Waals surface area contributed by atoms with Gasteiger partial charge >= 0.3 is 0 Å². The first kappa shape index (κ1) is 18.8. The van der Waals surface area contributed by atoms with Gasteiger partial charge in [0.15, 0.2) is 0 Å². The molecule has 2 aliphatic heterocycles. The van der Waals surface area contributed by atoms with Crippen molar-refractivity contribution >= 4 is 11.8 Å². The standard InChI is InChI=1S/C20H28FN3O2/c1-2-24-15-20(10-8-19(24)26)9-5-11-23(14-20)13-18(25)22-12-16-6-3-4-7-17(16)21/h3-4,6-7H,2,5,8-15H2,1H3,(H,22,25)/t20-/m0/s1. The molecule has 142 valence electrons. The Bertz CT molecular complexity index is 666. The van der Waals surface area contributed by atoms with Gasteiger partial charge in [-0.1, -0.05) is 18.2 Å². The van der Waals surface area contributed by atoms with E-state index in [0.29, 0.717) is 18.5 Å². The van der Waals surface area contributed by atoms with Crippen LogP contribution in [-0.2, 0) is 16.1 Å². The van der Waals surface area contributed by atoms with Crippen LogP contribution in [0.5, 0.6) is 0 Å². The van der Waals surface area contributed by atoms with Crippen LogP contribution in [0.1, 0.15) is 38.2 Å². The number of nitrogens with zero attached hydrogens (tertiary/aromatic N) is 2. The van der Waals surface area contributed by atoms with E-state index in [9.17, 15) is 14.0 Å². The van der Waals surface area contributed by atoms with Crippen molar-refractivity contribution in [3.05, 3.63) is 35.6 Å². The predicted molar refractivity (Wildman–Crippen MR) is 97.8 cm³/mol. The van der Waals surface area contributed by atoms with Crippen LogP contribution in [-0.4, -0.2) is 54.3 Å². The molecule has 0 aliphatic carbocycles. The second kappa shape index (κ2) is 8.16. The minimum atomic E-state index is -0.295. The first-order valence-electron chi connectivity index (χ1n) is 9.51. The Labute approximate surface area is 154 Å². The third kappa shape index (κ3) is 4.41. The number of benzene rings is 1. The molecule has 0 bridgehead atoms. The van der Waals surface area contributed by atoms with E-state index in [-0.39, 0.29) is 29.6 Å². The Morgan fingerprint density at radius 1 is 1.27 bits per heavy atom. The Balaban J connectivity index is 1.52. The zero-order valence-corrected chi connectivity index (χ0v) is 15.5. The number of carbonyl (C=O) groups excluding carboxylic acids is 2. The highest BCUT2D eigenvalue weighted by atomic mass is 19.1. The van der Waals surface area contributed by atoms with Gasteiger partial charge in [0.05, 0.1) is 6.54 Å². The van der Waals surface area contributed by atoms with Crippen molar-refractivity contribution < 1.29 is 14.0 Å². The molecule has 0 radical (unpaired) electrons. The highest BCUT2D eigenvalue weighted by Gasteiger charge is 2.41. The summed E-state index contributed by atoms with van der Waals surface area (Å²) >= 11 is 0. The van der Waals surface area contributed by atoms with Crippen LogP contribution >= 0.6 is 0 Å². The van der Waals surface area contributed by atoms with Gasteiger partial charge in [-0.15, -0.1) is 0 Å². The molecule has 2 fully saturated rings. The minimum absolute atomic E-state index is 0.0791. The molecule has 2 amide bonds. The summed E-state index contributed by atoms with van der Waals surface area (Å²) in [6.45, 7) is 5.87. The van der Waals surface area contributed by atoms with Crippen molar-refractivity contribution in [3.8, 4) is 0 Å². The zero-order chi connectivity index (χ0) is 18.6. The number of halogens is 1. The SMILES string of the molecule is CCN1C[C@@]2(CCCN(CC(=O)NCc3ccccc3F)C2)CCC1=O. The van der Waals surface area contributed by atoms with Crippen LogP contribution in [0.15, 0.2) is 24.3 Å². The highest BCUT2D eigenvalue weighted by Crippen LogP contribution is 2.38. The summed E-state index contributed by atoms with van der Waals surface area (Å²) in [7, 11) is 0. The van der Waals surface area contributed by atoms with Crippen LogP contribution in [0.25, 0.3) is 0 Å². The molecule has 2 aliphatic rings. The van der Waals surface area contributed by atoms with E-state index in [1.807, 2.05) is 11.8 Å². The second-order valence-electron chi connectivity index (χ2n) is 7.59. The number of hydrogen-bond donors (Lipinski definition) is 1. The molecule has 3 rings (SSSR count). The quantitative estimate of drug-likeness (QED) is 0.874. The molecule has 0 saturated carbocycles. The molecule has 0 aromatic heterocycles. The van der Waals surface area contributed by atoms with E-state index < -0.39 is 0 Å². The average molecular weight is 361 g/mol. The van der Waals surface area contributed by atoms with Gasteiger partial charge in [0.25, 0.3) is 0 Å². The summed E-state index contributed by atoms with van der Waals surface area (Å²) < 4.78 is 13.6. The maximum atomic E-state index is 13.6. The number of carbonyl (C=O) groups is 2. The predicted octanol–water partition coefficient (Wildman–Crippen LogP) is 2.17. The van der Waals surface area contributed by atoms with Crippen LogP contribution in [0, 0.1) is 11.2 Å². The van der Waals surface area contributed by atoms with Gasteiger partial charge in [0.1, 0.15) is 5.82 Å². The number of piperidine rings is 2. The van der Waals surface area contributed by atoms with E-state index in [0.717, 1.165) is 45.4 Å². The second-order valence-corrected chi connectivity index (χ2v) is 7.59. The van der Waals surface area contributed by atoms with Crippen molar-refractivity contribution in [3.63, 3.8) is 0 Å². The molecular formula is C20H28FN3O2. The summed E-state index contributed by atoms with van der Waals surface area (Å²) in [6.07, 6.45) is 3.69.